The number of halogens is 3. The van der Waals surface area contributed by atoms with Crippen molar-refractivity contribution in [1.82, 2.24) is 19.4 Å². The summed E-state index contributed by atoms with van der Waals surface area (Å²) in [4.78, 5) is 24.9. The van der Waals surface area contributed by atoms with Gasteiger partial charge in [0.05, 0.1) is 25.3 Å². The molecule has 0 spiro atoms. The number of carbonyl (C=O) groups is 1. The van der Waals surface area contributed by atoms with Crippen molar-refractivity contribution >= 4 is 34.5 Å². The van der Waals surface area contributed by atoms with Crippen molar-refractivity contribution in [2.45, 2.75) is 44.6 Å². The molecule has 2 aliphatic heterocycles. The molecule has 0 aromatic carbocycles. The third kappa shape index (κ3) is 4.76. The first-order chi connectivity index (χ1) is 14.9. The Labute approximate surface area is 190 Å². The molecule has 4 rings (SSSR count). The van der Waals surface area contributed by atoms with Gasteiger partial charge in [0.1, 0.15) is 22.1 Å². The number of imidazole rings is 1. The van der Waals surface area contributed by atoms with Gasteiger partial charge in [-0.2, -0.15) is 0 Å². The van der Waals surface area contributed by atoms with E-state index in [4.69, 9.17) is 26.1 Å². The van der Waals surface area contributed by atoms with Crippen LogP contribution in [0.5, 0.6) is 0 Å². The first-order valence-electron chi connectivity index (χ1n) is 10.6. The SMILES string of the molecule is Cn1c(C2CN(C(=O)OC(C)(C)C)CC(F)(F)C2)nc2c(N3CCOCC3)nc(Cl)cc21. The number of morpholine rings is 1. The minimum atomic E-state index is -3.05. The summed E-state index contributed by atoms with van der Waals surface area (Å²) in [6, 6.07) is 1.68. The highest BCUT2D eigenvalue weighted by atomic mass is 35.5. The first-order valence-corrected chi connectivity index (χ1v) is 11.0. The lowest BCUT2D eigenvalue weighted by molar-refractivity contribution is -0.0766. The lowest BCUT2D eigenvalue weighted by Gasteiger charge is -2.37. The maximum atomic E-state index is 14.7. The Bertz CT molecular complexity index is 1020. The normalized spacial score (nSPS) is 21.8. The van der Waals surface area contributed by atoms with E-state index < -0.39 is 36.5 Å². The van der Waals surface area contributed by atoms with Crippen LogP contribution >= 0.6 is 11.6 Å². The van der Waals surface area contributed by atoms with Gasteiger partial charge in [0.15, 0.2) is 5.82 Å². The Balaban J connectivity index is 1.70. The van der Waals surface area contributed by atoms with Crippen LogP contribution in [0.2, 0.25) is 5.15 Å². The molecule has 2 aromatic heterocycles. The van der Waals surface area contributed by atoms with Crippen molar-refractivity contribution in [3.63, 3.8) is 0 Å². The molecule has 32 heavy (non-hydrogen) atoms. The maximum absolute atomic E-state index is 14.7. The molecule has 4 heterocycles. The highest BCUT2D eigenvalue weighted by molar-refractivity contribution is 6.30. The number of rotatable bonds is 2. The summed E-state index contributed by atoms with van der Waals surface area (Å²) >= 11 is 6.28. The molecule has 0 radical (unpaired) electrons. The number of aromatic nitrogens is 3. The van der Waals surface area contributed by atoms with Crippen molar-refractivity contribution in [3.05, 3.63) is 17.0 Å². The fourth-order valence-corrected chi connectivity index (χ4v) is 4.44. The van der Waals surface area contributed by atoms with Crippen LogP contribution in [0, 0.1) is 0 Å². The molecule has 0 saturated carbocycles. The largest absolute Gasteiger partial charge is 0.444 e. The quantitative estimate of drug-likeness (QED) is 0.620. The number of carbonyl (C=O) groups excluding carboxylic acids is 1. The van der Waals surface area contributed by atoms with Gasteiger partial charge in [0.2, 0.25) is 0 Å². The van der Waals surface area contributed by atoms with Crippen molar-refractivity contribution in [1.29, 1.82) is 0 Å². The lowest BCUT2D eigenvalue weighted by Crippen LogP contribution is -2.50. The standard InChI is InChI=1S/C21H28ClF2N5O3/c1-20(2,3)32-19(30)29-11-13(10-21(23,24)12-29)17-26-16-14(27(17)4)9-15(22)25-18(16)28-5-7-31-8-6-28/h9,13H,5-8,10-12H2,1-4H3. The molecule has 2 aliphatic rings. The van der Waals surface area contributed by atoms with E-state index in [1.54, 1.807) is 38.5 Å². The smallest absolute Gasteiger partial charge is 0.410 e. The Morgan fingerprint density at radius 2 is 1.97 bits per heavy atom. The van der Waals surface area contributed by atoms with Gasteiger partial charge in [-0.05, 0) is 20.8 Å². The van der Waals surface area contributed by atoms with Crippen LogP contribution in [0.3, 0.4) is 0 Å². The number of pyridine rings is 1. The molecule has 2 saturated heterocycles. The molecule has 2 aromatic rings. The first kappa shape index (κ1) is 23.0. The Hall–Kier alpha value is -2.20. The third-order valence-electron chi connectivity index (χ3n) is 5.59. The second-order valence-corrected chi connectivity index (χ2v) is 9.77. The number of fused-ring (bicyclic) bond motifs is 1. The molecule has 0 bridgehead atoms. The van der Waals surface area contributed by atoms with Crippen molar-refractivity contribution in [3.8, 4) is 0 Å². The highest BCUT2D eigenvalue weighted by Crippen LogP contribution is 2.38. The van der Waals surface area contributed by atoms with Gasteiger partial charge < -0.3 is 23.8 Å². The second kappa shape index (κ2) is 8.30. The summed E-state index contributed by atoms with van der Waals surface area (Å²) in [6.45, 7) is 6.96. The van der Waals surface area contributed by atoms with Crippen molar-refractivity contribution < 1.29 is 23.0 Å². The number of amides is 1. The molecule has 1 unspecified atom stereocenters. The number of piperidine rings is 1. The third-order valence-corrected chi connectivity index (χ3v) is 5.78. The zero-order valence-corrected chi connectivity index (χ0v) is 19.5. The molecule has 8 nitrogen and oxygen atoms in total. The predicted octanol–water partition coefficient (Wildman–Crippen LogP) is 3.82. The van der Waals surface area contributed by atoms with Crippen LogP contribution in [0.4, 0.5) is 19.4 Å². The van der Waals surface area contributed by atoms with E-state index in [1.807, 2.05) is 4.90 Å². The van der Waals surface area contributed by atoms with Crippen LogP contribution < -0.4 is 4.90 Å². The van der Waals surface area contributed by atoms with E-state index in [9.17, 15) is 13.6 Å². The number of anilines is 1. The van der Waals surface area contributed by atoms with Crippen LogP contribution in [-0.2, 0) is 16.5 Å². The van der Waals surface area contributed by atoms with Gasteiger partial charge in [-0.15, -0.1) is 0 Å². The van der Waals surface area contributed by atoms with Gasteiger partial charge in [0, 0.05) is 45.1 Å². The van der Waals surface area contributed by atoms with Gasteiger partial charge >= 0.3 is 6.09 Å². The number of ether oxygens (including phenoxy) is 2. The molecule has 0 N–H and O–H groups in total. The van der Waals surface area contributed by atoms with Crippen molar-refractivity contribution in [2.24, 2.45) is 7.05 Å². The molecule has 0 aliphatic carbocycles. The van der Waals surface area contributed by atoms with Gasteiger partial charge in [0.25, 0.3) is 5.92 Å². The Morgan fingerprint density at radius 1 is 1.28 bits per heavy atom. The minimum absolute atomic E-state index is 0.0930. The molecular weight excluding hydrogens is 444 g/mol. The summed E-state index contributed by atoms with van der Waals surface area (Å²) in [6.07, 6.45) is -1.16. The van der Waals surface area contributed by atoms with E-state index in [0.717, 1.165) is 4.90 Å². The van der Waals surface area contributed by atoms with Crippen LogP contribution in [0.1, 0.15) is 38.9 Å². The average Bonchev–Trinajstić information content (AvgIpc) is 3.02. The number of alkyl halides is 2. The lowest BCUT2D eigenvalue weighted by atomic mass is 9.94. The monoisotopic (exact) mass is 471 g/mol. The number of nitrogens with zero attached hydrogens (tertiary/aromatic N) is 5. The summed E-state index contributed by atoms with van der Waals surface area (Å²) in [5, 5.41) is 0.304. The van der Waals surface area contributed by atoms with Crippen LogP contribution in [0.15, 0.2) is 6.07 Å². The van der Waals surface area contributed by atoms with E-state index in [2.05, 4.69) is 4.98 Å². The molecule has 1 amide bonds. The average molecular weight is 472 g/mol. The second-order valence-electron chi connectivity index (χ2n) is 9.38. The maximum Gasteiger partial charge on any atom is 0.410 e. The topological polar surface area (TPSA) is 72.7 Å². The number of hydrogen-bond donors (Lipinski definition) is 0. The van der Waals surface area contributed by atoms with Gasteiger partial charge in [-0.25, -0.2) is 23.5 Å². The molecule has 2 fully saturated rings. The van der Waals surface area contributed by atoms with Gasteiger partial charge in [-0.3, -0.25) is 0 Å². The summed E-state index contributed by atoms with van der Waals surface area (Å²) in [5.41, 5.74) is 0.540. The highest BCUT2D eigenvalue weighted by Gasteiger charge is 2.45. The molecule has 176 valence electrons. The molecular formula is C21H28ClF2N5O3. The Morgan fingerprint density at radius 3 is 2.62 bits per heavy atom. The summed E-state index contributed by atoms with van der Waals surface area (Å²) < 4.78 is 41.9. The van der Waals surface area contributed by atoms with Gasteiger partial charge in [-0.1, -0.05) is 11.6 Å². The minimum Gasteiger partial charge on any atom is -0.444 e. The zero-order valence-electron chi connectivity index (χ0n) is 18.7. The molecule has 11 heteroatoms. The predicted molar refractivity (Wildman–Crippen MR) is 117 cm³/mol. The fourth-order valence-electron chi connectivity index (χ4n) is 4.26. The summed E-state index contributed by atoms with van der Waals surface area (Å²) in [5.74, 6) is -2.64. The number of hydrogen-bond acceptors (Lipinski definition) is 6. The van der Waals surface area contributed by atoms with E-state index in [0.29, 0.717) is 54.1 Å². The number of aryl methyl sites for hydroxylation is 1. The van der Waals surface area contributed by atoms with Crippen LogP contribution in [-0.4, -0.2) is 76.4 Å². The number of likely N-dealkylation sites (tertiary alicyclic amines) is 1. The van der Waals surface area contributed by atoms with Crippen LogP contribution in [0.25, 0.3) is 11.0 Å². The van der Waals surface area contributed by atoms with E-state index >= 15 is 0 Å². The zero-order chi connectivity index (χ0) is 23.3. The van der Waals surface area contributed by atoms with E-state index in [-0.39, 0.29) is 6.54 Å². The fraction of sp³-hybridized carbons (Fsp3) is 0.667. The molecule has 1 atom stereocenters. The van der Waals surface area contributed by atoms with E-state index in [1.165, 1.54) is 0 Å². The summed E-state index contributed by atoms with van der Waals surface area (Å²) in [7, 11) is 1.77. The van der Waals surface area contributed by atoms with Crippen molar-refractivity contribution in [2.75, 3.05) is 44.3 Å². The Kier molecular flexibility index (Phi) is 5.96.